The standard InChI is InChI=1S/C17H13F3N2OS.C2H6/c1-23-12-8-6-11(7-9-12)15-10-24-16(22-15)21-14-5-3-2-4-13(14)17(18,19)20;1-2/h2-10H,1H3,(H,21,22);1-2H3. The van der Waals surface area contributed by atoms with Crippen LogP contribution in [0.4, 0.5) is 24.0 Å². The van der Waals surface area contributed by atoms with Gasteiger partial charge in [0.05, 0.1) is 24.1 Å². The maximum atomic E-state index is 13.0. The third-order valence-corrected chi connectivity index (χ3v) is 4.12. The zero-order valence-corrected chi connectivity index (χ0v) is 15.4. The van der Waals surface area contributed by atoms with Gasteiger partial charge in [-0.15, -0.1) is 11.3 Å². The van der Waals surface area contributed by atoms with Gasteiger partial charge in [-0.25, -0.2) is 4.98 Å². The van der Waals surface area contributed by atoms with Crippen molar-refractivity contribution in [3.05, 3.63) is 59.5 Å². The zero-order chi connectivity index (χ0) is 19.2. The topological polar surface area (TPSA) is 34.1 Å². The molecule has 0 aliphatic heterocycles. The van der Waals surface area contributed by atoms with Gasteiger partial charge in [-0.2, -0.15) is 13.2 Å². The summed E-state index contributed by atoms with van der Waals surface area (Å²) in [4.78, 5) is 4.35. The molecule has 0 spiro atoms. The van der Waals surface area contributed by atoms with Crippen molar-refractivity contribution < 1.29 is 17.9 Å². The van der Waals surface area contributed by atoms with Crippen LogP contribution >= 0.6 is 11.3 Å². The average Bonchev–Trinajstić information content (AvgIpc) is 3.11. The summed E-state index contributed by atoms with van der Waals surface area (Å²) in [5.74, 6) is 0.728. The molecule has 7 heteroatoms. The number of thiazole rings is 1. The fourth-order valence-electron chi connectivity index (χ4n) is 2.18. The number of benzene rings is 2. The van der Waals surface area contributed by atoms with Crippen molar-refractivity contribution >= 4 is 22.2 Å². The number of ether oxygens (including phenoxy) is 1. The van der Waals surface area contributed by atoms with Gasteiger partial charge in [-0.05, 0) is 36.4 Å². The van der Waals surface area contributed by atoms with Gasteiger partial charge < -0.3 is 10.1 Å². The molecule has 0 saturated heterocycles. The number of anilines is 2. The molecular weight excluding hydrogens is 361 g/mol. The van der Waals surface area contributed by atoms with Gasteiger partial charge in [-0.3, -0.25) is 0 Å². The van der Waals surface area contributed by atoms with Crippen LogP contribution in [0.25, 0.3) is 11.3 Å². The Kier molecular flexibility index (Phi) is 6.63. The number of alkyl halides is 3. The van der Waals surface area contributed by atoms with Crippen molar-refractivity contribution in [3.63, 3.8) is 0 Å². The third-order valence-electron chi connectivity index (χ3n) is 3.36. The van der Waals surface area contributed by atoms with Gasteiger partial charge in [0.2, 0.25) is 0 Å². The molecule has 1 N–H and O–H groups in total. The van der Waals surface area contributed by atoms with Gasteiger partial charge >= 0.3 is 6.18 Å². The highest BCUT2D eigenvalue weighted by atomic mass is 32.1. The summed E-state index contributed by atoms with van der Waals surface area (Å²) in [6.45, 7) is 4.00. The van der Waals surface area contributed by atoms with Crippen molar-refractivity contribution in [1.29, 1.82) is 0 Å². The summed E-state index contributed by atoms with van der Waals surface area (Å²) in [5, 5.41) is 4.95. The number of hydrogen-bond donors (Lipinski definition) is 1. The Morgan fingerprint density at radius 2 is 1.65 bits per heavy atom. The van der Waals surface area contributed by atoms with E-state index in [1.54, 1.807) is 30.7 Å². The van der Waals surface area contributed by atoms with Crippen LogP contribution in [0.2, 0.25) is 0 Å². The number of rotatable bonds is 4. The number of methoxy groups -OCH3 is 1. The van der Waals surface area contributed by atoms with E-state index < -0.39 is 11.7 Å². The maximum Gasteiger partial charge on any atom is 0.418 e. The highest BCUT2D eigenvalue weighted by molar-refractivity contribution is 7.14. The highest BCUT2D eigenvalue weighted by Gasteiger charge is 2.33. The zero-order valence-electron chi connectivity index (χ0n) is 14.6. The first-order valence-electron chi connectivity index (χ1n) is 8.00. The Morgan fingerprint density at radius 1 is 1.00 bits per heavy atom. The molecule has 3 rings (SSSR count). The monoisotopic (exact) mass is 380 g/mol. The second-order valence-corrected chi connectivity index (χ2v) is 5.79. The van der Waals surface area contributed by atoms with Gasteiger partial charge in [0.15, 0.2) is 5.13 Å². The molecule has 1 aromatic heterocycles. The molecule has 0 amide bonds. The van der Waals surface area contributed by atoms with E-state index in [0.717, 1.165) is 17.4 Å². The van der Waals surface area contributed by atoms with Crippen LogP contribution in [-0.2, 0) is 6.18 Å². The lowest BCUT2D eigenvalue weighted by Gasteiger charge is -2.12. The quantitative estimate of drug-likeness (QED) is 0.553. The summed E-state index contributed by atoms with van der Waals surface area (Å²) < 4.78 is 44.2. The minimum absolute atomic E-state index is 0.0133. The van der Waals surface area contributed by atoms with Gasteiger partial charge in [0.25, 0.3) is 0 Å². The van der Waals surface area contributed by atoms with Gasteiger partial charge in [0, 0.05) is 10.9 Å². The molecule has 26 heavy (non-hydrogen) atoms. The second-order valence-electron chi connectivity index (χ2n) is 4.93. The maximum absolute atomic E-state index is 13.0. The van der Waals surface area contributed by atoms with Crippen molar-refractivity contribution in [2.75, 3.05) is 12.4 Å². The molecule has 0 atom stereocenters. The Morgan fingerprint density at radius 3 is 2.27 bits per heavy atom. The predicted molar refractivity (Wildman–Crippen MR) is 100 cm³/mol. The molecule has 0 aliphatic carbocycles. The number of para-hydroxylation sites is 1. The highest BCUT2D eigenvalue weighted by Crippen LogP contribution is 2.37. The molecule has 0 fully saturated rings. The first-order valence-corrected chi connectivity index (χ1v) is 8.88. The Balaban J connectivity index is 0.00000117. The number of hydrogen-bond acceptors (Lipinski definition) is 4. The molecule has 1 heterocycles. The lowest BCUT2D eigenvalue weighted by atomic mass is 10.1. The van der Waals surface area contributed by atoms with E-state index in [0.29, 0.717) is 10.8 Å². The van der Waals surface area contributed by atoms with E-state index in [1.807, 2.05) is 26.0 Å². The fraction of sp³-hybridized carbons (Fsp3) is 0.211. The van der Waals surface area contributed by atoms with Crippen LogP contribution < -0.4 is 10.1 Å². The van der Waals surface area contributed by atoms with E-state index >= 15 is 0 Å². The first kappa shape index (κ1) is 19.8. The molecule has 3 aromatic rings. The number of nitrogens with one attached hydrogen (secondary N) is 1. The van der Waals surface area contributed by atoms with E-state index in [2.05, 4.69) is 10.3 Å². The average molecular weight is 380 g/mol. The lowest BCUT2D eigenvalue weighted by Crippen LogP contribution is -2.08. The lowest BCUT2D eigenvalue weighted by molar-refractivity contribution is -0.136. The molecule has 138 valence electrons. The second kappa shape index (κ2) is 8.71. The first-order chi connectivity index (χ1) is 12.5. The molecule has 0 aliphatic rings. The minimum Gasteiger partial charge on any atom is -0.497 e. The summed E-state index contributed by atoms with van der Waals surface area (Å²) in [6.07, 6.45) is -4.42. The van der Waals surface area contributed by atoms with Crippen LogP contribution in [0.5, 0.6) is 5.75 Å². The smallest absolute Gasteiger partial charge is 0.418 e. The van der Waals surface area contributed by atoms with Gasteiger partial charge in [0.1, 0.15) is 5.75 Å². The van der Waals surface area contributed by atoms with E-state index in [4.69, 9.17) is 4.74 Å². The molecule has 0 radical (unpaired) electrons. The van der Waals surface area contributed by atoms with Crippen LogP contribution in [0.1, 0.15) is 19.4 Å². The molecular formula is C19H19F3N2OS. The Labute approximate surface area is 154 Å². The predicted octanol–water partition coefficient (Wildman–Crippen LogP) is 6.61. The summed E-state index contributed by atoms with van der Waals surface area (Å²) in [6, 6.07) is 12.6. The molecule has 2 aromatic carbocycles. The largest absolute Gasteiger partial charge is 0.497 e. The number of halogens is 3. The third kappa shape index (κ3) is 4.76. The summed E-state index contributed by atoms with van der Waals surface area (Å²) >= 11 is 1.25. The minimum atomic E-state index is -4.42. The molecule has 3 nitrogen and oxygen atoms in total. The van der Waals surface area contributed by atoms with Gasteiger partial charge in [-0.1, -0.05) is 26.0 Å². The normalized spacial score (nSPS) is 10.7. The SMILES string of the molecule is CC.COc1ccc(-c2csc(Nc3ccccc3C(F)(F)F)n2)cc1. The molecule has 0 saturated carbocycles. The van der Waals surface area contributed by atoms with Crippen LogP contribution in [-0.4, -0.2) is 12.1 Å². The summed E-state index contributed by atoms with van der Waals surface area (Å²) in [5.41, 5.74) is 0.825. The summed E-state index contributed by atoms with van der Waals surface area (Å²) in [7, 11) is 1.58. The van der Waals surface area contributed by atoms with E-state index in [1.165, 1.54) is 23.5 Å². The molecule has 0 unspecified atom stereocenters. The Bertz CT molecular complexity index is 829. The van der Waals surface area contributed by atoms with Crippen molar-refractivity contribution in [2.24, 2.45) is 0 Å². The van der Waals surface area contributed by atoms with Crippen molar-refractivity contribution in [1.82, 2.24) is 4.98 Å². The van der Waals surface area contributed by atoms with Crippen LogP contribution in [0, 0.1) is 0 Å². The van der Waals surface area contributed by atoms with E-state index in [9.17, 15) is 13.2 Å². The van der Waals surface area contributed by atoms with E-state index in [-0.39, 0.29) is 5.69 Å². The molecule has 0 bridgehead atoms. The van der Waals surface area contributed by atoms with Crippen LogP contribution in [0.3, 0.4) is 0 Å². The number of nitrogens with zero attached hydrogens (tertiary/aromatic N) is 1. The van der Waals surface area contributed by atoms with Crippen molar-refractivity contribution in [3.8, 4) is 17.0 Å². The Hall–Kier alpha value is -2.54. The number of aromatic nitrogens is 1. The van der Waals surface area contributed by atoms with Crippen molar-refractivity contribution in [2.45, 2.75) is 20.0 Å². The fourth-order valence-corrected chi connectivity index (χ4v) is 2.91. The van der Waals surface area contributed by atoms with Crippen LogP contribution in [0.15, 0.2) is 53.9 Å².